The molecular weight excluding hydrogens is 272 g/mol. The number of hydrogen-bond donors (Lipinski definition) is 3. The van der Waals surface area contributed by atoms with Crippen molar-refractivity contribution in [2.75, 3.05) is 17.6 Å². The first-order valence-electron chi connectivity index (χ1n) is 5.23. The molecular formula is C9H12N6OS2. The number of anilines is 2. The third-order valence-electron chi connectivity index (χ3n) is 1.87. The van der Waals surface area contributed by atoms with Gasteiger partial charge in [-0.3, -0.25) is 4.79 Å². The van der Waals surface area contributed by atoms with Crippen LogP contribution in [0, 0.1) is 0 Å². The van der Waals surface area contributed by atoms with Crippen molar-refractivity contribution in [2.45, 2.75) is 17.8 Å². The van der Waals surface area contributed by atoms with Crippen LogP contribution in [0.1, 0.15) is 11.9 Å². The molecule has 4 N–H and O–H groups in total. The molecule has 0 saturated heterocycles. The van der Waals surface area contributed by atoms with Gasteiger partial charge >= 0.3 is 0 Å². The number of H-pyrrole nitrogens is 1. The molecule has 2 rings (SSSR count). The molecule has 0 atom stereocenters. The molecule has 0 unspecified atom stereocenters. The topological polar surface area (TPSA) is 110 Å². The number of aromatic nitrogens is 4. The SMILES string of the molecule is CCNc1nnc(CSc2nc(N)cc(=O)[nH]2)s1. The summed E-state index contributed by atoms with van der Waals surface area (Å²) in [5, 5.41) is 13.2. The summed E-state index contributed by atoms with van der Waals surface area (Å²) in [7, 11) is 0. The van der Waals surface area contributed by atoms with Crippen LogP contribution in [0.4, 0.5) is 10.9 Å². The maximum absolute atomic E-state index is 11.2. The molecule has 96 valence electrons. The molecule has 0 aromatic carbocycles. The van der Waals surface area contributed by atoms with Crippen molar-refractivity contribution in [2.24, 2.45) is 0 Å². The normalized spacial score (nSPS) is 10.5. The summed E-state index contributed by atoms with van der Waals surface area (Å²) in [6.45, 7) is 2.81. The Morgan fingerprint density at radius 3 is 3.11 bits per heavy atom. The van der Waals surface area contributed by atoms with Gasteiger partial charge in [-0.05, 0) is 6.92 Å². The van der Waals surface area contributed by atoms with Crippen LogP contribution >= 0.6 is 23.1 Å². The van der Waals surface area contributed by atoms with Crippen LogP contribution in [0.2, 0.25) is 0 Å². The van der Waals surface area contributed by atoms with Gasteiger partial charge in [0.2, 0.25) is 5.13 Å². The van der Waals surface area contributed by atoms with Crippen molar-refractivity contribution >= 4 is 34.0 Å². The van der Waals surface area contributed by atoms with Gasteiger partial charge in [0, 0.05) is 12.6 Å². The zero-order valence-corrected chi connectivity index (χ0v) is 11.3. The van der Waals surface area contributed by atoms with Gasteiger partial charge in [0.05, 0.1) is 5.75 Å². The molecule has 0 bridgehead atoms. The highest BCUT2D eigenvalue weighted by atomic mass is 32.2. The average molecular weight is 284 g/mol. The minimum atomic E-state index is -0.254. The van der Waals surface area contributed by atoms with Crippen molar-refractivity contribution in [1.82, 2.24) is 20.2 Å². The Morgan fingerprint density at radius 2 is 2.39 bits per heavy atom. The van der Waals surface area contributed by atoms with Crippen LogP contribution in [-0.2, 0) is 5.75 Å². The summed E-state index contributed by atoms with van der Waals surface area (Å²) in [6.07, 6.45) is 0. The zero-order valence-electron chi connectivity index (χ0n) is 9.64. The fourth-order valence-corrected chi connectivity index (χ4v) is 2.86. The molecule has 7 nitrogen and oxygen atoms in total. The molecule has 0 fully saturated rings. The van der Waals surface area contributed by atoms with E-state index in [4.69, 9.17) is 5.73 Å². The number of rotatable bonds is 5. The number of hydrogen-bond acceptors (Lipinski definition) is 8. The van der Waals surface area contributed by atoms with Crippen molar-refractivity contribution in [3.05, 3.63) is 21.4 Å². The number of nitrogen functional groups attached to an aromatic ring is 1. The number of aromatic amines is 1. The van der Waals surface area contributed by atoms with E-state index in [9.17, 15) is 4.79 Å². The maximum atomic E-state index is 11.2. The lowest BCUT2D eigenvalue weighted by atomic mass is 10.6. The predicted octanol–water partition coefficient (Wildman–Crippen LogP) is 0.928. The predicted molar refractivity (Wildman–Crippen MR) is 72.9 cm³/mol. The minimum absolute atomic E-state index is 0.215. The number of nitrogens with two attached hydrogens (primary N) is 1. The maximum Gasteiger partial charge on any atom is 0.253 e. The lowest BCUT2D eigenvalue weighted by molar-refractivity contribution is 0.942. The van der Waals surface area contributed by atoms with E-state index in [-0.39, 0.29) is 11.4 Å². The molecule has 0 aliphatic heterocycles. The minimum Gasteiger partial charge on any atom is -0.383 e. The monoisotopic (exact) mass is 284 g/mol. The third-order valence-corrected chi connectivity index (χ3v) is 3.82. The summed E-state index contributed by atoms with van der Waals surface area (Å²) < 4.78 is 0. The Labute approximate surface area is 111 Å². The summed E-state index contributed by atoms with van der Waals surface area (Å²) in [5.41, 5.74) is 5.24. The van der Waals surface area contributed by atoms with Gasteiger partial charge in [-0.25, -0.2) is 4.98 Å². The van der Waals surface area contributed by atoms with Crippen molar-refractivity contribution in [3.8, 4) is 0 Å². The first kappa shape index (κ1) is 12.8. The largest absolute Gasteiger partial charge is 0.383 e. The fraction of sp³-hybridized carbons (Fsp3) is 0.333. The Morgan fingerprint density at radius 1 is 1.56 bits per heavy atom. The van der Waals surface area contributed by atoms with E-state index in [0.29, 0.717) is 10.9 Å². The van der Waals surface area contributed by atoms with Crippen LogP contribution in [0.15, 0.2) is 16.0 Å². The summed E-state index contributed by atoms with van der Waals surface area (Å²) in [6, 6.07) is 1.25. The van der Waals surface area contributed by atoms with Gasteiger partial charge in [0.25, 0.3) is 5.56 Å². The standard InChI is InChI=1S/C9H12N6OS2/c1-2-11-8-15-14-7(18-8)4-17-9-12-5(10)3-6(16)13-9/h3H,2,4H2,1H3,(H,11,15)(H3,10,12,13,16). The number of thioether (sulfide) groups is 1. The first-order valence-corrected chi connectivity index (χ1v) is 7.03. The van der Waals surface area contributed by atoms with Gasteiger partial charge in [-0.2, -0.15) is 0 Å². The second kappa shape index (κ2) is 5.83. The first-order chi connectivity index (χ1) is 8.67. The van der Waals surface area contributed by atoms with E-state index >= 15 is 0 Å². The van der Waals surface area contributed by atoms with Crippen LogP contribution in [0.25, 0.3) is 0 Å². The molecule has 2 heterocycles. The van der Waals surface area contributed by atoms with Crippen LogP contribution in [-0.4, -0.2) is 26.7 Å². The van der Waals surface area contributed by atoms with Crippen molar-refractivity contribution in [3.63, 3.8) is 0 Å². The second-order valence-corrected chi connectivity index (χ2v) is 5.32. The van der Waals surface area contributed by atoms with Gasteiger partial charge < -0.3 is 16.0 Å². The molecule has 18 heavy (non-hydrogen) atoms. The highest BCUT2D eigenvalue weighted by Gasteiger charge is 2.05. The summed E-state index contributed by atoms with van der Waals surface area (Å²) in [5.74, 6) is 0.807. The molecule has 0 amide bonds. The van der Waals surface area contributed by atoms with Crippen molar-refractivity contribution < 1.29 is 0 Å². The van der Waals surface area contributed by atoms with E-state index in [1.54, 1.807) is 0 Å². The van der Waals surface area contributed by atoms with Crippen LogP contribution in [0.5, 0.6) is 0 Å². The quantitative estimate of drug-likeness (QED) is 0.553. The van der Waals surface area contributed by atoms with E-state index < -0.39 is 0 Å². The Bertz CT molecular complexity index is 580. The van der Waals surface area contributed by atoms with Gasteiger partial charge in [-0.15, -0.1) is 10.2 Å². The molecule has 0 aliphatic carbocycles. The Kier molecular flexibility index (Phi) is 4.15. The highest BCUT2D eigenvalue weighted by Crippen LogP contribution is 2.23. The van der Waals surface area contributed by atoms with Gasteiger partial charge in [-0.1, -0.05) is 23.1 Å². The summed E-state index contributed by atoms with van der Waals surface area (Å²) in [4.78, 5) is 17.8. The van der Waals surface area contributed by atoms with E-state index in [0.717, 1.165) is 16.7 Å². The molecule has 2 aromatic heterocycles. The highest BCUT2D eigenvalue weighted by molar-refractivity contribution is 7.98. The van der Waals surface area contributed by atoms with E-state index in [1.807, 2.05) is 6.92 Å². The number of nitrogens with one attached hydrogen (secondary N) is 2. The second-order valence-electron chi connectivity index (χ2n) is 3.30. The summed E-state index contributed by atoms with van der Waals surface area (Å²) >= 11 is 2.85. The van der Waals surface area contributed by atoms with E-state index in [2.05, 4.69) is 25.5 Å². The Balaban J connectivity index is 1.99. The molecule has 9 heteroatoms. The number of nitrogens with zero attached hydrogens (tertiary/aromatic N) is 3. The van der Waals surface area contributed by atoms with Gasteiger partial charge in [0.1, 0.15) is 10.8 Å². The molecule has 0 spiro atoms. The molecule has 0 aliphatic rings. The molecule has 0 saturated carbocycles. The average Bonchev–Trinajstić information content (AvgIpc) is 2.74. The molecule has 0 radical (unpaired) electrons. The molecule has 2 aromatic rings. The van der Waals surface area contributed by atoms with E-state index in [1.165, 1.54) is 29.2 Å². The van der Waals surface area contributed by atoms with Crippen LogP contribution < -0.4 is 16.6 Å². The van der Waals surface area contributed by atoms with Gasteiger partial charge in [0.15, 0.2) is 5.16 Å². The smallest absolute Gasteiger partial charge is 0.253 e. The third kappa shape index (κ3) is 3.44. The zero-order chi connectivity index (χ0) is 13.0. The Hall–Kier alpha value is -1.61. The lowest BCUT2D eigenvalue weighted by Crippen LogP contribution is -2.09. The fourth-order valence-electron chi connectivity index (χ4n) is 1.19. The van der Waals surface area contributed by atoms with Crippen LogP contribution in [0.3, 0.4) is 0 Å². The lowest BCUT2D eigenvalue weighted by Gasteiger charge is -1.98. The van der Waals surface area contributed by atoms with Crippen molar-refractivity contribution in [1.29, 1.82) is 0 Å².